The molecule has 2 aromatic rings. The van der Waals surface area contributed by atoms with Crippen LogP contribution in [0.4, 0.5) is 0 Å². The Balaban J connectivity index is 0. The molecule has 24 nitrogen and oxygen atoms in total. The second-order valence-corrected chi connectivity index (χ2v) is 20.8. The van der Waals surface area contributed by atoms with Crippen molar-refractivity contribution < 1.29 is 87.6 Å². The fourth-order valence-electron chi connectivity index (χ4n) is 6.21. The zero-order chi connectivity index (χ0) is 66.3. The number of benzene rings is 2. The molecule has 2 aromatic carbocycles. The number of carbonyl (C=O) groups excluding carboxylic acids is 9. The van der Waals surface area contributed by atoms with Gasteiger partial charge in [0.2, 0.25) is 24.4 Å². The molecule has 0 fully saturated rings. The van der Waals surface area contributed by atoms with Crippen LogP contribution < -0.4 is 31.9 Å². The van der Waals surface area contributed by atoms with Crippen LogP contribution in [0.1, 0.15) is 87.2 Å². The molecular weight excluding hydrogens is 1160 g/mol. The Morgan fingerprint density at radius 2 is 0.698 bits per heavy atom. The molecule has 0 saturated heterocycles. The van der Waals surface area contributed by atoms with Gasteiger partial charge in [-0.3, -0.25) is 38.9 Å². The van der Waals surface area contributed by atoms with Gasteiger partial charge in [-0.25, -0.2) is 9.59 Å². The minimum Gasteiger partial charge on any atom is -0.448 e. The molecule has 26 heteroatoms. The van der Waals surface area contributed by atoms with Crippen molar-refractivity contribution in [3.8, 4) is 0 Å². The van der Waals surface area contributed by atoms with E-state index in [0.717, 1.165) is 25.0 Å². The summed E-state index contributed by atoms with van der Waals surface area (Å²) in [5.74, 6) is -6.73. The topological polar surface area (TPSA) is 364 Å². The van der Waals surface area contributed by atoms with Gasteiger partial charge in [0.1, 0.15) is 12.3 Å². The van der Waals surface area contributed by atoms with E-state index < -0.39 is 108 Å². The molecule has 9 atom stereocenters. The Hall–Kier alpha value is -7.43. The summed E-state index contributed by atoms with van der Waals surface area (Å²) in [7, 11) is 0. The van der Waals surface area contributed by atoms with E-state index in [-0.39, 0.29) is 72.7 Å². The van der Waals surface area contributed by atoms with Crippen molar-refractivity contribution in [1.29, 1.82) is 0 Å². The van der Waals surface area contributed by atoms with Gasteiger partial charge < -0.3 is 71.1 Å². The van der Waals surface area contributed by atoms with Crippen LogP contribution in [0.25, 0.3) is 0 Å². The van der Waals surface area contributed by atoms with E-state index >= 15 is 0 Å². The van der Waals surface area contributed by atoms with Crippen molar-refractivity contribution in [2.75, 3.05) is 50.8 Å². The summed E-state index contributed by atoms with van der Waals surface area (Å²) in [4.78, 5) is 110. The summed E-state index contributed by atoms with van der Waals surface area (Å²) >= 11 is 7.53. The van der Waals surface area contributed by atoms with Crippen LogP contribution in [0.3, 0.4) is 0 Å². The molecule has 0 bridgehead atoms. The highest BCUT2D eigenvalue weighted by molar-refractivity contribution is 7.80. The van der Waals surface area contributed by atoms with E-state index in [1.165, 1.54) is 36.5 Å². The SMILES string of the molecule is C=CCNC(=O)C(O)C(O)C(O)NCC=C.C=CCNC(=O)C(OC(=O)c1ccc(C(C)(C)C)cc1)C(OC(=O)c1ccc(C(C)(C)C)cc1)C(=O)NCC=C.C=CCNC(=O)C(OC(C)=O)C(OC(C)=O)C(=O)NCC=C.OC(CS)C(O)CS. The van der Waals surface area contributed by atoms with Gasteiger partial charge in [0, 0.05) is 64.6 Å². The van der Waals surface area contributed by atoms with E-state index in [9.17, 15) is 58.5 Å². The van der Waals surface area contributed by atoms with Crippen molar-refractivity contribution >= 4 is 78.7 Å². The van der Waals surface area contributed by atoms with Gasteiger partial charge >= 0.3 is 23.9 Å². The first kappa shape index (κ1) is 80.6. The highest BCUT2D eigenvalue weighted by Gasteiger charge is 2.41. The van der Waals surface area contributed by atoms with Crippen molar-refractivity contribution in [3.05, 3.63) is 147 Å². The van der Waals surface area contributed by atoms with E-state index in [1.54, 1.807) is 48.5 Å². The summed E-state index contributed by atoms with van der Waals surface area (Å²) in [6.45, 7) is 35.8. The number of hydrogen-bond donors (Lipinski definition) is 13. The smallest absolute Gasteiger partial charge is 0.339 e. The molecule has 9 unspecified atom stereocenters. The minimum absolute atomic E-state index is 0.0381. The van der Waals surface area contributed by atoms with Crippen LogP contribution in [0, 0.1) is 0 Å². The van der Waals surface area contributed by atoms with Gasteiger partial charge in [0.15, 0.2) is 6.10 Å². The number of nitrogens with one attached hydrogen (secondary N) is 6. The van der Waals surface area contributed by atoms with Crippen molar-refractivity contribution in [2.45, 2.75) is 121 Å². The van der Waals surface area contributed by atoms with Gasteiger partial charge in [-0.15, -0.1) is 39.5 Å². The van der Waals surface area contributed by atoms with E-state index in [2.05, 4.69) is 96.6 Å². The average molecular weight is 1250 g/mol. The first-order chi connectivity index (χ1) is 40.3. The van der Waals surface area contributed by atoms with E-state index in [0.29, 0.717) is 0 Å². The lowest BCUT2D eigenvalue weighted by molar-refractivity contribution is -0.174. The molecule has 0 radical (unpaired) electrons. The molecule has 478 valence electrons. The molecular formula is C60H88N6O18S2. The predicted molar refractivity (Wildman–Crippen MR) is 332 cm³/mol. The molecule has 11 N–H and O–H groups in total. The van der Waals surface area contributed by atoms with Gasteiger partial charge in [0.25, 0.3) is 29.5 Å². The molecule has 0 aliphatic carbocycles. The highest BCUT2D eigenvalue weighted by Crippen LogP contribution is 2.24. The van der Waals surface area contributed by atoms with Crippen LogP contribution in [-0.4, -0.2) is 185 Å². The third-order valence-corrected chi connectivity index (χ3v) is 11.7. The maximum absolute atomic E-state index is 13.1. The Bertz CT molecular complexity index is 2390. The number of esters is 4. The average Bonchev–Trinajstić information content (AvgIpc) is 2.99. The second-order valence-electron chi connectivity index (χ2n) is 20.1. The van der Waals surface area contributed by atoms with Gasteiger partial charge in [-0.1, -0.05) is 102 Å². The number of thiol groups is 2. The minimum atomic E-state index is -1.78. The summed E-state index contributed by atoms with van der Waals surface area (Å²) in [6.07, 6.45) is -4.39. The van der Waals surface area contributed by atoms with E-state index in [1.807, 2.05) is 41.5 Å². The third-order valence-electron chi connectivity index (χ3n) is 10.9. The number of ether oxygens (including phenoxy) is 4. The molecule has 0 heterocycles. The quantitative estimate of drug-likeness (QED) is 0.0168. The molecule has 0 spiro atoms. The zero-order valence-corrected chi connectivity index (χ0v) is 51.9. The van der Waals surface area contributed by atoms with Crippen LogP contribution in [0.2, 0.25) is 0 Å². The van der Waals surface area contributed by atoms with Crippen molar-refractivity contribution in [3.63, 3.8) is 0 Å². The summed E-state index contributed by atoms with van der Waals surface area (Å²) in [6, 6.07) is 13.5. The number of amides is 5. The number of hydrogen-bond acceptors (Lipinski definition) is 21. The summed E-state index contributed by atoms with van der Waals surface area (Å²) < 4.78 is 20.7. The van der Waals surface area contributed by atoms with Gasteiger partial charge in [-0.2, -0.15) is 25.3 Å². The fraction of sp³-hybridized carbons (Fsp3) is 0.450. The van der Waals surface area contributed by atoms with E-state index in [4.69, 9.17) is 29.2 Å². The second kappa shape index (κ2) is 43.2. The third kappa shape index (κ3) is 32.2. The van der Waals surface area contributed by atoms with Crippen LogP contribution in [-0.2, 0) is 63.3 Å². The molecule has 0 aliphatic rings. The van der Waals surface area contributed by atoms with Crippen molar-refractivity contribution in [1.82, 2.24) is 31.9 Å². The lowest BCUT2D eigenvalue weighted by atomic mass is 9.87. The lowest BCUT2D eigenvalue weighted by Crippen LogP contribution is -2.53. The molecule has 86 heavy (non-hydrogen) atoms. The molecule has 0 aromatic heterocycles. The largest absolute Gasteiger partial charge is 0.448 e. The summed E-state index contributed by atoms with van der Waals surface area (Å²) in [5, 5.41) is 60.1. The van der Waals surface area contributed by atoms with Gasteiger partial charge in [-0.05, 0) is 46.2 Å². The summed E-state index contributed by atoms with van der Waals surface area (Å²) in [5.41, 5.74) is 2.06. The normalized spacial score (nSPS) is 13.8. The molecule has 0 aliphatic heterocycles. The molecule has 0 saturated carbocycles. The Kier molecular flexibility index (Phi) is 40.5. The zero-order valence-electron chi connectivity index (χ0n) is 50.1. The number of rotatable bonds is 31. The van der Waals surface area contributed by atoms with Gasteiger partial charge in [0.05, 0.1) is 23.3 Å². The first-order valence-corrected chi connectivity index (χ1v) is 27.9. The highest BCUT2D eigenvalue weighted by atomic mass is 32.1. The number of aliphatic hydroxyl groups excluding tert-OH is 5. The number of aliphatic hydroxyl groups is 5. The maximum atomic E-state index is 13.1. The van der Waals surface area contributed by atoms with Crippen LogP contribution in [0.5, 0.6) is 0 Å². The maximum Gasteiger partial charge on any atom is 0.339 e. The monoisotopic (exact) mass is 1240 g/mol. The Morgan fingerprint density at radius 1 is 0.442 bits per heavy atom. The predicted octanol–water partition coefficient (Wildman–Crippen LogP) is 1.76. The standard InChI is InChI=1S/C32H40N2O6.C14H20N2O6.C10H18N2O4.C4H10O2S2/c1-9-19-33-27(35)25(39-29(37)21-11-15-23(16-12-21)31(3,4)5)26(28(36)34-20-10-2)40-30(38)22-13-17-24(18-14-22)32(6,7)8;1-5-7-15-13(19)11(21-9(3)17)12(22-10(4)18)14(20)16-8-6-2;1-3-5-11-9(15)7(13)8(14)10(16)12-6-4-2;5-3(1-7)4(6)2-8/h9-18,25-26H,1-2,19-20H2,3-8H3,(H,33,35)(H,34,36);5-6,11-12H,1-2,7-8H2,3-4H3,(H,15,19)(H,16,20);3-4,7-9,11,13-15H,1-2,5-6H2,(H,12,16);3-8H,1-2H2. The van der Waals surface area contributed by atoms with Crippen molar-refractivity contribution in [2.24, 2.45) is 0 Å². The lowest BCUT2D eigenvalue weighted by Gasteiger charge is -2.26. The van der Waals surface area contributed by atoms with Crippen LogP contribution >= 0.6 is 25.3 Å². The number of carbonyl (C=O) groups is 9. The molecule has 5 amide bonds. The van der Waals surface area contributed by atoms with Crippen LogP contribution in [0.15, 0.2) is 124 Å². The first-order valence-electron chi connectivity index (χ1n) is 26.6. The molecule has 2 rings (SSSR count). The fourth-order valence-corrected chi connectivity index (χ4v) is 6.70. The Morgan fingerprint density at radius 3 is 0.930 bits per heavy atom. The Labute approximate surface area is 514 Å².